The van der Waals surface area contributed by atoms with E-state index in [1.165, 1.54) is 23.6 Å². The molecule has 0 saturated heterocycles. The number of esters is 1. The molecule has 2 rings (SSSR count). The maximum absolute atomic E-state index is 11.1. The highest BCUT2D eigenvalue weighted by atomic mass is 127. The summed E-state index contributed by atoms with van der Waals surface area (Å²) in [7, 11) is 1.42. The fraction of sp³-hybridized carbons (Fsp3) is 0.474. The molecule has 1 aromatic heterocycles. The molecule has 0 fully saturated rings. The van der Waals surface area contributed by atoms with Crippen molar-refractivity contribution in [3.63, 3.8) is 0 Å². The van der Waals surface area contributed by atoms with Crippen LogP contribution in [0.1, 0.15) is 31.7 Å². The van der Waals surface area contributed by atoms with Gasteiger partial charge in [-0.2, -0.15) is 0 Å². The molecule has 3 N–H and O–H groups in total. The maximum Gasteiger partial charge on any atom is 0.305 e. The first-order chi connectivity index (χ1) is 12.2. The zero-order chi connectivity index (χ0) is 17.9. The third-order valence-corrected chi connectivity index (χ3v) is 3.99. The lowest BCUT2D eigenvalue weighted by Crippen LogP contribution is -2.38. The quantitative estimate of drug-likeness (QED) is 0.172. The Balaban J connectivity index is 0.00000338. The van der Waals surface area contributed by atoms with Gasteiger partial charge < -0.3 is 20.4 Å². The number of methoxy groups -OCH3 is 1. The largest absolute Gasteiger partial charge is 0.469 e. The predicted molar refractivity (Wildman–Crippen MR) is 117 cm³/mol. The molecule has 0 aliphatic rings. The number of carbonyl (C=O) groups is 1. The van der Waals surface area contributed by atoms with Crippen molar-refractivity contribution in [2.45, 2.75) is 32.6 Å². The van der Waals surface area contributed by atoms with Gasteiger partial charge in [-0.1, -0.05) is 18.2 Å². The normalized spacial score (nSPS) is 11.1. The lowest BCUT2D eigenvalue weighted by molar-refractivity contribution is -0.140. The summed E-state index contributed by atoms with van der Waals surface area (Å²) in [6.45, 7) is 4.38. The SMILES string of the molecule is CCNC(=NCCCCC(=O)OC)NCCc1c[nH]c2ccccc12.I. The van der Waals surface area contributed by atoms with Gasteiger partial charge in [-0.05, 0) is 37.8 Å². The molecule has 0 bridgehead atoms. The van der Waals surface area contributed by atoms with E-state index in [0.29, 0.717) is 13.0 Å². The van der Waals surface area contributed by atoms with Crippen molar-refractivity contribution in [2.24, 2.45) is 4.99 Å². The molecule has 1 aromatic carbocycles. The van der Waals surface area contributed by atoms with E-state index in [0.717, 1.165) is 38.3 Å². The minimum atomic E-state index is -0.159. The van der Waals surface area contributed by atoms with Gasteiger partial charge in [0.2, 0.25) is 0 Å². The fourth-order valence-corrected chi connectivity index (χ4v) is 2.67. The number of H-pyrrole nitrogens is 1. The summed E-state index contributed by atoms with van der Waals surface area (Å²) in [5.74, 6) is 0.660. The Kier molecular flexibility index (Phi) is 10.8. The van der Waals surface area contributed by atoms with Gasteiger partial charge in [-0.25, -0.2) is 0 Å². The van der Waals surface area contributed by atoms with Crippen molar-refractivity contribution < 1.29 is 9.53 Å². The molecule has 2 aromatic rings. The van der Waals surface area contributed by atoms with Crippen molar-refractivity contribution in [3.8, 4) is 0 Å². The minimum Gasteiger partial charge on any atom is -0.469 e. The van der Waals surface area contributed by atoms with Gasteiger partial charge in [0, 0.05) is 43.2 Å². The molecule has 1 heterocycles. The number of aliphatic imine (C=N–C) groups is 1. The maximum atomic E-state index is 11.1. The van der Waals surface area contributed by atoms with E-state index in [2.05, 4.69) is 49.7 Å². The Bertz CT molecular complexity index is 700. The second kappa shape index (κ2) is 12.6. The molecular weight excluding hydrogens is 443 g/mol. The number of fused-ring (bicyclic) bond motifs is 1. The molecule has 0 atom stereocenters. The number of carbonyl (C=O) groups excluding carboxylic acids is 1. The number of nitrogens with one attached hydrogen (secondary N) is 3. The number of unbranched alkanes of at least 4 members (excludes halogenated alkanes) is 1. The predicted octanol–water partition coefficient (Wildman–Crippen LogP) is 3.23. The van der Waals surface area contributed by atoms with Crippen molar-refractivity contribution in [1.29, 1.82) is 0 Å². The molecule has 0 aliphatic carbocycles. The summed E-state index contributed by atoms with van der Waals surface area (Å²) in [6.07, 6.45) is 5.12. The van der Waals surface area contributed by atoms with E-state index >= 15 is 0 Å². The molecule has 6 nitrogen and oxygen atoms in total. The van der Waals surface area contributed by atoms with Crippen LogP contribution in [0.4, 0.5) is 0 Å². The Morgan fingerprint density at radius 1 is 1.23 bits per heavy atom. The molecule has 0 spiro atoms. The number of hydrogen-bond donors (Lipinski definition) is 3. The van der Waals surface area contributed by atoms with Crippen LogP contribution in [-0.2, 0) is 16.0 Å². The summed E-state index contributed by atoms with van der Waals surface area (Å²) < 4.78 is 4.63. The number of aromatic nitrogens is 1. The number of para-hydroxylation sites is 1. The number of guanidine groups is 1. The lowest BCUT2D eigenvalue weighted by Gasteiger charge is -2.11. The van der Waals surface area contributed by atoms with E-state index in [9.17, 15) is 4.79 Å². The van der Waals surface area contributed by atoms with Crippen molar-refractivity contribution in [1.82, 2.24) is 15.6 Å². The molecular formula is C19H29IN4O2. The van der Waals surface area contributed by atoms with E-state index in [1.54, 1.807) is 0 Å². The molecule has 0 radical (unpaired) electrons. The molecule has 144 valence electrons. The van der Waals surface area contributed by atoms with Gasteiger partial charge in [0.1, 0.15) is 0 Å². The molecule has 0 amide bonds. The van der Waals surface area contributed by atoms with E-state index < -0.39 is 0 Å². The molecule has 7 heteroatoms. The summed E-state index contributed by atoms with van der Waals surface area (Å²) in [5, 5.41) is 7.89. The first-order valence-electron chi connectivity index (χ1n) is 8.88. The van der Waals surface area contributed by atoms with Crippen LogP contribution in [0.2, 0.25) is 0 Å². The van der Waals surface area contributed by atoms with Crippen LogP contribution in [-0.4, -0.2) is 43.7 Å². The molecule has 0 saturated carbocycles. The highest BCUT2D eigenvalue weighted by Crippen LogP contribution is 2.17. The van der Waals surface area contributed by atoms with Gasteiger partial charge in [0.25, 0.3) is 0 Å². The van der Waals surface area contributed by atoms with Gasteiger partial charge in [-0.3, -0.25) is 9.79 Å². The molecule has 26 heavy (non-hydrogen) atoms. The van der Waals surface area contributed by atoms with E-state index in [1.807, 2.05) is 13.0 Å². The fourth-order valence-electron chi connectivity index (χ4n) is 2.67. The zero-order valence-electron chi connectivity index (χ0n) is 15.5. The summed E-state index contributed by atoms with van der Waals surface area (Å²) in [5.41, 5.74) is 2.47. The third kappa shape index (κ3) is 7.23. The van der Waals surface area contributed by atoms with Gasteiger partial charge in [0.05, 0.1) is 7.11 Å². The number of rotatable bonds is 9. The average Bonchev–Trinajstić information content (AvgIpc) is 3.04. The first-order valence-corrected chi connectivity index (χ1v) is 8.88. The van der Waals surface area contributed by atoms with E-state index in [4.69, 9.17) is 0 Å². The minimum absolute atomic E-state index is 0. The second-order valence-corrected chi connectivity index (χ2v) is 5.83. The Morgan fingerprint density at radius 3 is 2.81 bits per heavy atom. The zero-order valence-corrected chi connectivity index (χ0v) is 17.8. The number of aromatic amines is 1. The average molecular weight is 472 g/mol. The van der Waals surface area contributed by atoms with E-state index in [-0.39, 0.29) is 29.9 Å². The lowest BCUT2D eigenvalue weighted by atomic mass is 10.1. The van der Waals surface area contributed by atoms with Crippen molar-refractivity contribution in [3.05, 3.63) is 36.0 Å². The van der Waals surface area contributed by atoms with Crippen LogP contribution in [0, 0.1) is 0 Å². The number of halogens is 1. The number of nitrogens with zero attached hydrogens (tertiary/aromatic N) is 1. The topological polar surface area (TPSA) is 78.5 Å². The van der Waals surface area contributed by atoms with Crippen molar-refractivity contribution >= 4 is 46.8 Å². The van der Waals surface area contributed by atoms with Crippen LogP contribution in [0.3, 0.4) is 0 Å². The van der Waals surface area contributed by atoms with Crippen LogP contribution in [0.15, 0.2) is 35.5 Å². The van der Waals surface area contributed by atoms with Crippen molar-refractivity contribution in [2.75, 3.05) is 26.7 Å². The van der Waals surface area contributed by atoms with Crippen LogP contribution in [0.25, 0.3) is 10.9 Å². The van der Waals surface area contributed by atoms with Crippen LogP contribution < -0.4 is 10.6 Å². The molecule has 0 unspecified atom stereocenters. The highest BCUT2D eigenvalue weighted by Gasteiger charge is 2.04. The first kappa shape index (κ1) is 22.3. The number of ether oxygens (including phenoxy) is 1. The molecule has 0 aliphatic heterocycles. The second-order valence-electron chi connectivity index (χ2n) is 5.83. The van der Waals surface area contributed by atoms with Gasteiger partial charge in [-0.15, -0.1) is 24.0 Å². The van der Waals surface area contributed by atoms with Gasteiger partial charge >= 0.3 is 5.97 Å². The third-order valence-electron chi connectivity index (χ3n) is 3.99. The Labute approximate surface area is 172 Å². The summed E-state index contributed by atoms with van der Waals surface area (Å²) in [4.78, 5) is 18.9. The Morgan fingerprint density at radius 2 is 2.04 bits per heavy atom. The van der Waals surface area contributed by atoms with Crippen LogP contribution in [0.5, 0.6) is 0 Å². The summed E-state index contributed by atoms with van der Waals surface area (Å²) >= 11 is 0. The monoisotopic (exact) mass is 472 g/mol. The highest BCUT2D eigenvalue weighted by molar-refractivity contribution is 14.0. The number of hydrogen-bond acceptors (Lipinski definition) is 3. The number of benzene rings is 1. The van der Waals surface area contributed by atoms with Crippen LogP contribution >= 0.6 is 24.0 Å². The van der Waals surface area contributed by atoms with Gasteiger partial charge in [0.15, 0.2) is 5.96 Å². The summed E-state index contributed by atoms with van der Waals surface area (Å²) in [6, 6.07) is 8.33. The standard InChI is InChI=1S/C19H28N4O2.HI/c1-3-20-19(21-12-7-6-10-18(24)25-2)22-13-11-15-14-23-17-9-5-4-8-16(15)17;/h4-5,8-9,14,23H,3,6-7,10-13H2,1-2H3,(H2,20,21,22);1H. The Hall–Kier alpha value is -1.77. The smallest absolute Gasteiger partial charge is 0.305 e.